The highest BCUT2D eigenvalue weighted by Crippen LogP contribution is 2.32. The zero-order chi connectivity index (χ0) is 11.9. The molecule has 0 aliphatic carbocycles. The molecule has 2 amide bonds. The second kappa shape index (κ2) is 3.52. The van der Waals surface area contributed by atoms with E-state index in [4.69, 9.17) is 5.11 Å². The maximum absolute atomic E-state index is 11.5. The molecule has 0 saturated heterocycles. The summed E-state index contributed by atoms with van der Waals surface area (Å²) in [7, 11) is 1.68. The van der Waals surface area contributed by atoms with Crippen LogP contribution < -0.4 is 5.32 Å². The fourth-order valence-corrected chi connectivity index (χ4v) is 1.74. The summed E-state index contributed by atoms with van der Waals surface area (Å²) >= 11 is 0. The first-order chi connectivity index (χ1) is 7.50. The van der Waals surface area contributed by atoms with Gasteiger partial charge < -0.3 is 15.3 Å². The zero-order valence-electron chi connectivity index (χ0n) is 9.02. The van der Waals surface area contributed by atoms with Crippen LogP contribution in [-0.4, -0.2) is 29.1 Å². The van der Waals surface area contributed by atoms with Crippen molar-refractivity contribution < 1.29 is 14.7 Å². The van der Waals surface area contributed by atoms with Crippen LogP contribution in [0.4, 0.5) is 10.5 Å². The summed E-state index contributed by atoms with van der Waals surface area (Å²) in [5.74, 6) is -0.963. The number of carboxylic acid groups (broad SMARTS) is 1. The van der Waals surface area contributed by atoms with E-state index in [1.807, 2.05) is 6.92 Å². The molecule has 1 aliphatic rings. The lowest BCUT2D eigenvalue weighted by molar-refractivity contribution is 0.0696. The van der Waals surface area contributed by atoms with E-state index < -0.39 is 5.97 Å². The number of urea groups is 1. The lowest BCUT2D eigenvalue weighted by Gasteiger charge is -2.32. The molecule has 1 aromatic rings. The first-order valence-electron chi connectivity index (χ1n) is 4.91. The predicted molar refractivity (Wildman–Crippen MR) is 58.6 cm³/mol. The Labute approximate surface area is 92.7 Å². The molecule has 1 heterocycles. The van der Waals surface area contributed by atoms with Crippen molar-refractivity contribution in [2.45, 2.75) is 13.0 Å². The molecule has 1 unspecified atom stereocenters. The largest absolute Gasteiger partial charge is 0.478 e. The van der Waals surface area contributed by atoms with Gasteiger partial charge in [-0.2, -0.15) is 0 Å². The van der Waals surface area contributed by atoms with Crippen LogP contribution in [0.1, 0.15) is 28.9 Å². The highest BCUT2D eigenvalue weighted by Gasteiger charge is 2.26. The number of hydrogen-bond acceptors (Lipinski definition) is 2. The zero-order valence-corrected chi connectivity index (χ0v) is 9.02. The maximum atomic E-state index is 11.5. The summed E-state index contributed by atoms with van der Waals surface area (Å²) in [6, 6.07) is 4.41. The van der Waals surface area contributed by atoms with Gasteiger partial charge in [0.15, 0.2) is 0 Å². The van der Waals surface area contributed by atoms with E-state index in [1.165, 1.54) is 11.0 Å². The van der Waals surface area contributed by atoms with Gasteiger partial charge in [-0.05, 0) is 30.7 Å². The van der Waals surface area contributed by atoms with E-state index in [-0.39, 0.29) is 17.6 Å². The number of rotatable bonds is 1. The molecule has 16 heavy (non-hydrogen) atoms. The molecule has 0 spiro atoms. The number of carbonyl (C=O) groups excluding carboxylic acids is 1. The first kappa shape index (κ1) is 10.5. The number of carboxylic acids is 1. The quantitative estimate of drug-likeness (QED) is 0.759. The molecule has 0 saturated carbocycles. The van der Waals surface area contributed by atoms with E-state index in [2.05, 4.69) is 5.32 Å². The Hall–Kier alpha value is -2.04. The van der Waals surface area contributed by atoms with Crippen LogP contribution in [-0.2, 0) is 0 Å². The minimum absolute atomic E-state index is 0.122. The fourth-order valence-electron chi connectivity index (χ4n) is 1.74. The summed E-state index contributed by atoms with van der Waals surface area (Å²) in [6.45, 7) is 1.86. The van der Waals surface area contributed by atoms with Crippen molar-refractivity contribution in [2.75, 3.05) is 12.4 Å². The van der Waals surface area contributed by atoms with Crippen molar-refractivity contribution in [1.82, 2.24) is 4.90 Å². The molecule has 1 atom stereocenters. The summed E-state index contributed by atoms with van der Waals surface area (Å²) < 4.78 is 0. The molecule has 0 radical (unpaired) electrons. The molecule has 5 heteroatoms. The third-order valence-electron chi connectivity index (χ3n) is 2.89. The molecule has 1 aliphatic heterocycles. The van der Waals surface area contributed by atoms with Crippen molar-refractivity contribution in [3.05, 3.63) is 29.3 Å². The van der Waals surface area contributed by atoms with Crippen LogP contribution in [0.15, 0.2) is 18.2 Å². The Kier molecular flexibility index (Phi) is 2.30. The molecule has 0 bridgehead atoms. The van der Waals surface area contributed by atoms with Crippen LogP contribution in [0.3, 0.4) is 0 Å². The number of nitrogens with zero attached hydrogens (tertiary/aromatic N) is 1. The molecular formula is C11H12N2O3. The number of anilines is 1. The monoisotopic (exact) mass is 220 g/mol. The van der Waals surface area contributed by atoms with E-state index in [9.17, 15) is 9.59 Å². The van der Waals surface area contributed by atoms with Crippen molar-refractivity contribution in [3.63, 3.8) is 0 Å². The van der Waals surface area contributed by atoms with Gasteiger partial charge in [-0.15, -0.1) is 0 Å². The summed E-state index contributed by atoms with van der Waals surface area (Å²) in [6.07, 6.45) is 0. The Morgan fingerprint density at radius 2 is 2.19 bits per heavy atom. The van der Waals surface area contributed by atoms with Crippen LogP contribution in [0.2, 0.25) is 0 Å². The van der Waals surface area contributed by atoms with Crippen LogP contribution in [0, 0.1) is 0 Å². The van der Waals surface area contributed by atoms with Crippen molar-refractivity contribution >= 4 is 17.7 Å². The van der Waals surface area contributed by atoms with E-state index in [0.29, 0.717) is 5.69 Å². The van der Waals surface area contributed by atoms with Gasteiger partial charge in [-0.1, -0.05) is 0 Å². The molecular weight excluding hydrogens is 208 g/mol. The smallest absolute Gasteiger partial charge is 0.335 e. The average molecular weight is 220 g/mol. The van der Waals surface area contributed by atoms with Gasteiger partial charge >= 0.3 is 12.0 Å². The third kappa shape index (κ3) is 1.50. The Morgan fingerprint density at radius 3 is 2.81 bits per heavy atom. The van der Waals surface area contributed by atoms with E-state index >= 15 is 0 Å². The number of fused-ring (bicyclic) bond motifs is 1. The predicted octanol–water partition coefficient (Wildman–Crippen LogP) is 1.92. The lowest BCUT2D eigenvalue weighted by Crippen LogP contribution is -2.38. The first-order valence-corrected chi connectivity index (χ1v) is 4.91. The van der Waals surface area contributed by atoms with Gasteiger partial charge in [0, 0.05) is 12.7 Å². The molecule has 0 fully saturated rings. The van der Waals surface area contributed by atoms with Crippen molar-refractivity contribution in [1.29, 1.82) is 0 Å². The SMILES string of the molecule is CC1c2cc(C(=O)O)ccc2NC(=O)N1C. The topological polar surface area (TPSA) is 69.6 Å². The minimum Gasteiger partial charge on any atom is -0.478 e. The molecule has 84 valence electrons. The maximum Gasteiger partial charge on any atom is 0.335 e. The molecule has 2 rings (SSSR count). The highest BCUT2D eigenvalue weighted by molar-refractivity contribution is 5.95. The average Bonchev–Trinajstić information content (AvgIpc) is 2.25. The highest BCUT2D eigenvalue weighted by atomic mass is 16.4. The normalized spacial score (nSPS) is 19.0. The Balaban J connectivity index is 2.50. The lowest BCUT2D eigenvalue weighted by atomic mass is 10.00. The summed E-state index contributed by atoms with van der Waals surface area (Å²) in [5.41, 5.74) is 1.73. The molecule has 1 aromatic carbocycles. The fraction of sp³-hybridized carbons (Fsp3) is 0.273. The second-order valence-corrected chi connectivity index (χ2v) is 3.82. The van der Waals surface area contributed by atoms with Gasteiger partial charge in [-0.25, -0.2) is 9.59 Å². The second-order valence-electron chi connectivity index (χ2n) is 3.82. The van der Waals surface area contributed by atoms with Crippen molar-refractivity contribution in [3.8, 4) is 0 Å². The van der Waals surface area contributed by atoms with E-state index in [1.54, 1.807) is 19.2 Å². The Morgan fingerprint density at radius 1 is 1.50 bits per heavy atom. The van der Waals surface area contributed by atoms with Crippen LogP contribution in [0.25, 0.3) is 0 Å². The van der Waals surface area contributed by atoms with Crippen LogP contribution in [0.5, 0.6) is 0 Å². The molecule has 2 N–H and O–H groups in total. The summed E-state index contributed by atoms with van der Waals surface area (Å²) in [4.78, 5) is 23.9. The van der Waals surface area contributed by atoms with Gasteiger partial charge in [0.1, 0.15) is 0 Å². The number of amides is 2. The number of hydrogen-bond donors (Lipinski definition) is 2. The standard InChI is InChI=1S/C11H12N2O3/c1-6-8-5-7(10(14)15)3-4-9(8)12-11(16)13(6)2/h3-6H,1-2H3,(H,12,16)(H,14,15). The van der Waals surface area contributed by atoms with Crippen molar-refractivity contribution in [2.24, 2.45) is 0 Å². The summed E-state index contributed by atoms with van der Waals surface area (Å²) in [5, 5.41) is 11.6. The number of aromatic carboxylic acids is 1. The number of nitrogens with one attached hydrogen (secondary N) is 1. The third-order valence-corrected chi connectivity index (χ3v) is 2.89. The molecule has 5 nitrogen and oxygen atoms in total. The van der Waals surface area contributed by atoms with Gasteiger partial charge in [-0.3, -0.25) is 0 Å². The Bertz CT molecular complexity index is 470. The molecule has 0 aromatic heterocycles. The number of benzene rings is 1. The van der Waals surface area contributed by atoms with Crippen LogP contribution >= 0.6 is 0 Å². The van der Waals surface area contributed by atoms with Gasteiger partial charge in [0.2, 0.25) is 0 Å². The minimum atomic E-state index is -0.963. The van der Waals surface area contributed by atoms with Gasteiger partial charge in [0.05, 0.1) is 11.6 Å². The van der Waals surface area contributed by atoms with E-state index in [0.717, 1.165) is 5.56 Å². The van der Waals surface area contributed by atoms with Gasteiger partial charge in [0.25, 0.3) is 0 Å². The number of carbonyl (C=O) groups is 2.